The van der Waals surface area contributed by atoms with Gasteiger partial charge in [0.25, 0.3) is 22.7 Å². The number of nitro groups is 1. The van der Waals surface area contributed by atoms with Gasteiger partial charge in [0.15, 0.2) is 6.61 Å². The summed E-state index contributed by atoms with van der Waals surface area (Å²) < 4.78 is 5.57. The molecule has 4 rings (SSSR count). The summed E-state index contributed by atoms with van der Waals surface area (Å²) in [6, 6.07) is 18.2. The van der Waals surface area contributed by atoms with Gasteiger partial charge in [-0.1, -0.05) is 36.4 Å². The number of nitro benzene ring substituents is 1. The Hall–Kier alpha value is -4.44. The summed E-state index contributed by atoms with van der Waals surface area (Å²) in [4.78, 5) is 49.1. The third-order valence-electron chi connectivity index (χ3n) is 5.79. The molecule has 0 aromatic heterocycles. The Labute approximate surface area is 217 Å². The van der Waals surface area contributed by atoms with Crippen LogP contribution >= 0.6 is 11.8 Å². The Morgan fingerprint density at radius 2 is 1.76 bits per heavy atom. The van der Waals surface area contributed by atoms with Gasteiger partial charge in [-0.25, -0.2) is 0 Å². The SMILES string of the molecule is Cc1cccc(NC(=O)COc2ccc(/C=C3\SC(=O)N(Cc4ccc([N+](=O)[O-])cc4)C3=O)cc2)c1C. The van der Waals surface area contributed by atoms with Crippen molar-refractivity contribution in [2.24, 2.45) is 0 Å². The molecule has 1 saturated heterocycles. The molecule has 10 heteroatoms. The number of imide groups is 1. The highest BCUT2D eigenvalue weighted by molar-refractivity contribution is 8.18. The zero-order chi connectivity index (χ0) is 26.5. The Balaban J connectivity index is 1.34. The van der Waals surface area contributed by atoms with E-state index in [9.17, 15) is 24.5 Å². The van der Waals surface area contributed by atoms with Gasteiger partial charge >= 0.3 is 0 Å². The van der Waals surface area contributed by atoms with Crippen LogP contribution in [0.25, 0.3) is 6.08 Å². The monoisotopic (exact) mass is 517 g/mol. The maximum Gasteiger partial charge on any atom is 0.293 e. The molecule has 0 unspecified atom stereocenters. The molecular weight excluding hydrogens is 494 g/mol. The maximum atomic E-state index is 12.8. The van der Waals surface area contributed by atoms with Crippen molar-refractivity contribution in [2.75, 3.05) is 11.9 Å². The number of amides is 3. The number of nitrogens with one attached hydrogen (secondary N) is 1. The fraction of sp³-hybridized carbons (Fsp3) is 0.148. The van der Waals surface area contributed by atoms with E-state index >= 15 is 0 Å². The van der Waals surface area contributed by atoms with Gasteiger partial charge in [0.05, 0.1) is 16.4 Å². The fourth-order valence-corrected chi connectivity index (χ4v) is 4.41. The van der Waals surface area contributed by atoms with Gasteiger partial charge in [-0.05, 0) is 72.1 Å². The number of non-ortho nitro benzene ring substituents is 1. The highest BCUT2D eigenvalue weighted by Gasteiger charge is 2.35. The van der Waals surface area contributed by atoms with Crippen molar-refractivity contribution in [3.8, 4) is 5.75 Å². The molecule has 1 fully saturated rings. The number of aryl methyl sites for hydroxylation is 1. The molecule has 1 heterocycles. The first kappa shape index (κ1) is 25.6. The Morgan fingerprint density at radius 1 is 1.05 bits per heavy atom. The summed E-state index contributed by atoms with van der Waals surface area (Å²) in [6.07, 6.45) is 1.61. The van der Waals surface area contributed by atoms with Crippen LogP contribution in [0, 0.1) is 24.0 Å². The molecule has 0 atom stereocenters. The predicted molar refractivity (Wildman–Crippen MR) is 141 cm³/mol. The third kappa shape index (κ3) is 6.22. The van der Waals surface area contributed by atoms with Gasteiger partial charge in [0.2, 0.25) is 0 Å². The number of ether oxygens (including phenoxy) is 1. The minimum Gasteiger partial charge on any atom is -0.484 e. The van der Waals surface area contributed by atoms with Crippen molar-refractivity contribution in [1.29, 1.82) is 0 Å². The molecule has 0 bridgehead atoms. The first-order valence-electron chi connectivity index (χ1n) is 11.3. The van der Waals surface area contributed by atoms with E-state index in [0.717, 1.165) is 33.5 Å². The molecule has 3 aromatic rings. The number of hydrogen-bond acceptors (Lipinski definition) is 7. The minimum atomic E-state index is -0.510. The van der Waals surface area contributed by atoms with Gasteiger partial charge in [0, 0.05) is 17.8 Å². The van der Waals surface area contributed by atoms with Crippen LogP contribution in [0.1, 0.15) is 22.3 Å². The van der Waals surface area contributed by atoms with Gasteiger partial charge in [-0.3, -0.25) is 29.4 Å². The Kier molecular flexibility index (Phi) is 7.69. The molecule has 3 amide bonds. The first-order chi connectivity index (χ1) is 17.7. The lowest BCUT2D eigenvalue weighted by atomic mass is 10.1. The van der Waals surface area contributed by atoms with E-state index < -0.39 is 16.1 Å². The van der Waals surface area contributed by atoms with Crippen LogP contribution in [0.15, 0.2) is 71.6 Å². The number of hydrogen-bond donors (Lipinski definition) is 1. The number of anilines is 1. The number of nitrogens with zero attached hydrogens (tertiary/aromatic N) is 2. The van der Waals surface area contributed by atoms with Crippen molar-refractivity contribution in [1.82, 2.24) is 4.90 Å². The molecule has 9 nitrogen and oxygen atoms in total. The molecule has 3 aromatic carbocycles. The topological polar surface area (TPSA) is 119 Å². The summed E-state index contributed by atoms with van der Waals surface area (Å²) in [5.74, 6) is -0.226. The standard InChI is InChI=1S/C27H23N3O6S/c1-17-4-3-5-23(18(17)2)28-25(31)16-36-22-12-8-19(9-13-22)14-24-26(32)29(27(33)37-24)15-20-6-10-21(11-7-20)30(34)35/h3-14H,15-16H2,1-2H3,(H,28,31)/b24-14-. The molecule has 0 spiro atoms. The first-order valence-corrected chi connectivity index (χ1v) is 12.1. The molecule has 1 aliphatic heterocycles. The highest BCUT2D eigenvalue weighted by atomic mass is 32.2. The number of thioether (sulfide) groups is 1. The van der Waals surface area contributed by atoms with Gasteiger partial charge in [0.1, 0.15) is 5.75 Å². The molecular formula is C27H23N3O6S. The predicted octanol–water partition coefficient (Wildman–Crippen LogP) is 5.47. The molecule has 1 N–H and O–H groups in total. The number of carbonyl (C=O) groups excluding carboxylic acids is 3. The second kappa shape index (κ2) is 11.1. The summed E-state index contributed by atoms with van der Waals surface area (Å²) in [7, 11) is 0. The second-order valence-electron chi connectivity index (χ2n) is 8.34. The summed E-state index contributed by atoms with van der Waals surface area (Å²) in [5, 5.41) is 13.2. The minimum absolute atomic E-state index is 0.0247. The normalized spacial score (nSPS) is 14.2. The summed E-state index contributed by atoms with van der Waals surface area (Å²) in [6.45, 7) is 3.78. The average Bonchev–Trinajstić information content (AvgIpc) is 3.14. The van der Waals surface area contributed by atoms with E-state index in [2.05, 4.69) is 5.32 Å². The quantitative estimate of drug-likeness (QED) is 0.239. The molecule has 188 valence electrons. The molecule has 0 saturated carbocycles. The van der Waals surface area contributed by atoms with Crippen LogP contribution in [0.2, 0.25) is 0 Å². The smallest absolute Gasteiger partial charge is 0.293 e. The van der Waals surface area contributed by atoms with Gasteiger partial charge in [-0.2, -0.15) is 0 Å². The van der Waals surface area contributed by atoms with Crippen LogP contribution in [-0.4, -0.2) is 33.5 Å². The van der Waals surface area contributed by atoms with Crippen LogP contribution in [0.4, 0.5) is 16.2 Å². The van der Waals surface area contributed by atoms with Crippen molar-refractivity contribution in [3.63, 3.8) is 0 Å². The highest BCUT2D eigenvalue weighted by Crippen LogP contribution is 2.33. The number of rotatable bonds is 8. The molecule has 0 radical (unpaired) electrons. The summed E-state index contributed by atoms with van der Waals surface area (Å²) in [5.41, 5.74) is 4.06. The van der Waals surface area contributed by atoms with E-state index in [1.807, 2.05) is 32.0 Å². The van der Waals surface area contributed by atoms with Crippen molar-refractivity contribution >= 4 is 46.3 Å². The van der Waals surface area contributed by atoms with Crippen LogP contribution in [-0.2, 0) is 16.1 Å². The second-order valence-corrected chi connectivity index (χ2v) is 9.34. The lowest BCUT2D eigenvalue weighted by Crippen LogP contribution is -2.27. The largest absolute Gasteiger partial charge is 0.484 e. The Morgan fingerprint density at radius 3 is 2.43 bits per heavy atom. The number of benzene rings is 3. The third-order valence-corrected chi connectivity index (χ3v) is 6.70. The van der Waals surface area contributed by atoms with Crippen LogP contribution in [0.3, 0.4) is 0 Å². The van der Waals surface area contributed by atoms with Crippen molar-refractivity contribution in [2.45, 2.75) is 20.4 Å². The van der Waals surface area contributed by atoms with Crippen molar-refractivity contribution in [3.05, 3.63) is 104 Å². The van der Waals surface area contributed by atoms with E-state index in [1.54, 1.807) is 30.3 Å². The van der Waals surface area contributed by atoms with E-state index in [0.29, 0.717) is 16.9 Å². The maximum absolute atomic E-state index is 12.8. The Bertz CT molecular complexity index is 1400. The summed E-state index contributed by atoms with van der Waals surface area (Å²) >= 11 is 0.831. The van der Waals surface area contributed by atoms with Gasteiger partial charge in [-0.15, -0.1) is 0 Å². The van der Waals surface area contributed by atoms with E-state index in [1.165, 1.54) is 24.3 Å². The van der Waals surface area contributed by atoms with E-state index in [4.69, 9.17) is 4.74 Å². The molecule has 0 aliphatic carbocycles. The fourth-order valence-electron chi connectivity index (χ4n) is 3.58. The average molecular weight is 518 g/mol. The lowest BCUT2D eigenvalue weighted by molar-refractivity contribution is -0.384. The van der Waals surface area contributed by atoms with E-state index in [-0.39, 0.29) is 29.7 Å². The van der Waals surface area contributed by atoms with Crippen LogP contribution < -0.4 is 10.1 Å². The lowest BCUT2D eigenvalue weighted by Gasteiger charge is -2.12. The molecule has 1 aliphatic rings. The number of carbonyl (C=O) groups is 3. The van der Waals surface area contributed by atoms with Crippen molar-refractivity contribution < 1.29 is 24.0 Å². The zero-order valence-electron chi connectivity index (χ0n) is 20.1. The van der Waals surface area contributed by atoms with Crippen LogP contribution in [0.5, 0.6) is 5.75 Å². The van der Waals surface area contributed by atoms with Gasteiger partial charge < -0.3 is 10.1 Å². The zero-order valence-corrected chi connectivity index (χ0v) is 20.9. The molecule has 37 heavy (non-hydrogen) atoms.